The molecule has 0 aromatic heterocycles. The predicted octanol–water partition coefficient (Wildman–Crippen LogP) is 3.77. The lowest BCUT2D eigenvalue weighted by Gasteiger charge is -2.33. The van der Waals surface area contributed by atoms with Crippen LogP contribution in [0.3, 0.4) is 0 Å². The maximum absolute atomic E-state index is 13.1. The fourth-order valence-electron chi connectivity index (χ4n) is 3.53. The first-order valence-electron chi connectivity index (χ1n) is 10.3. The van der Waals surface area contributed by atoms with Crippen molar-refractivity contribution in [2.75, 3.05) is 38.0 Å². The summed E-state index contributed by atoms with van der Waals surface area (Å²) in [5.41, 5.74) is -0.157. The molecule has 32 heavy (non-hydrogen) atoms. The third-order valence-corrected chi connectivity index (χ3v) is 7.30. The number of benzene rings is 2. The zero-order chi connectivity index (χ0) is 23.5. The molecule has 0 aliphatic carbocycles. The molecule has 0 saturated carbocycles. The Balaban J connectivity index is 1.57. The lowest BCUT2D eigenvalue weighted by atomic mass is 10.0. The summed E-state index contributed by atoms with van der Waals surface area (Å²) in [5, 5.41) is 2.31. The number of amides is 1. The molecule has 2 aromatic carbocycles. The van der Waals surface area contributed by atoms with E-state index in [-0.39, 0.29) is 30.2 Å². The molecule has 3 rings (SSSR count). The number of rotatable bonds is 6. The second kappa shape index (κ2) is 9.60. The van der Waals surface area contributed by atoms with Crippen LogP contribution in [0.5, 0.6) is 0 Å². The summed E-state index contributed by atoms with van der Waals surface area (Å²) in [6.45, 7) is 4.93. The molecule has 2 aromatic rings. The van der Waals surface area contributed by atoms with E-state index in [9.17, 15) is 26.4 Å². The molecule has 6 nitrogen and oxygen atoms in total. The van der Waals surface area contributed by atoms with E-state index in [0.717, 1.165) is 11.6 Å². The van der Waals surface area contributed by atoms with E-state index in [1.54, 1.807) is 29.2 Å². The van der Waals surface area contributed by atoms with Crippen molar-refractivity contribution in [3.05, 3.63) is 59.7 Å². The van der Waals surface area contributed by atoms with Gasteiger partial charge in [-0.1, -0.05) is 38.1 Å². The van der Waals surface area contributed by atoms with E-state index >= 15 is 0 Å². The number of nitrogens with one attached hydrogen (secondary N) is 1. The fourth-order valence-corrected chi connectivity index (χ4v) is 4.96. The Labute approximate surface area is 186 Å². The molecule has 174 valence electrons. The van der Waals surface area contributed by atoms with Crippen LogP contribution in [-0.2, 0) is 21.0 Å². The first kappa shape index (κ1) is 24.2. The molecule has 1 fully saturated rings. The third kappa shape index (κ3) is 5.67. The van der Waals surface area contributed by atoms with Crippen LogP contribution in [0.2, 0.25) is 0 Å². The van der Waals surface area contributed by atoms with Gasteiger partial charge < -0.3 is 5.32 Å². The molecule has 0 spiro atoms. The molecular formula is C22H26F3N3O3S. The minimum absolute atomic E-state index is 0.122. The van der Waals surface area contributed by atoms with Crippen molar-refractivity contribution in [3.8, 4) is 0 Å². The Kier molecular flexibility index (Phi) is 7.26. The van der Waals surface area contributed by atoms with Gasteiger partial charge in [0.15, 0.2) is 0 Å². The zero-order valence-corrected chi connectivity index (χ0v) is 18.7. The summed E-state index contributed by atoms with van der Waals surface area (Å²) in [5.74, 6) is -0.285. The second-order valence-corrected chi connectivity index (χ2v) is 9.93. The number of hydrogen-bond acceptors (Lipinski definition) is 4. The van der Waals surface area contributed by atoms with Crippen LogP contribution in [0.25, 0.3) is 0 Å². The molecule has 0 bridgehead atoms. The second-order valence-electron chi connectivity index (χ2n) is 8.00. The largest absolute Gasteiger partial charge is 0.418 e. The summed E-state index contributed by atoms with van der Waals surface area (Å²) in [7, 11) is -3.65. The smallest absolute Gasteiger partial charge is 0.324 e. The highest BCUT2D eigenvalue weighted by Gasteiger charge is 2.34. The Hall–Kier alpha value is -2.43. The van der Waals surface area contributed by atoms with Crippen molar-refractivity contribution >= 4 is 21.6 Å². The van der Waals surface area contributed by atoms with E-state index < -0.39 is 27.7 Å². The molecule has 0 unspecified atom stereocenters. The van der Waals surface area contributed by atoms with Gasteiger partial charge in [0.25, 0.3) is 0 Å². The lowest BCUT2D eigenvalue weighted by Crippen LogP contribution is -2.50. The van der Waals surface area contributed by atoms with Gasteiger partial charge in [0.05, 0.1) is 22.7 Å². The van der Waals surface area contributed by atoms with Crippen LogP contribution in [0.4, 0.5) is 18.9 Å². The molecule has 10 heteroatoms. The van der Waals surface area contributed by atoms with Gasteiger partial charge in [0.2, 0.25) is 15.9 Å². The van der Waals surface area contributed by atoms with Crippen molar-refractivity contribution in [2.45, 2.75) is 30.8 Å². The molecule has 1 saturated heterocycles. The number of para-hydroxylation sites is 1. The monoisotopic (exact) mass is 469 g/mol. The highest BCUT2D eigenvalue weighted by molar-refractivity contribution is 7.89. The van der Waals surface area contributed by atoms with Crippen molar-refractivity contribution in [1.82, 2.24) is 9.21 Å². The number of anilines is 1. The van der Waals surface area contributed by atoms with E-state index in [2.05, 4.69) is 5.32 Å². The van der Waals surface area contributed by atoms with Crippen molar-refractivity contribution in [3.63, 3.8) is 0 Å². The minimum Gasteiger partial charge on any atom is -0.324 e. The highest BCUT2D eigenvalue weighted by atomic mass is 32.2. The molecule has 1 heterocycles. The predicted molar refractivity (Wildman–Crippen MR) is 116 cm³/mol. The van der Waals surface area contributed by atoms with Gasteiger partial charge >= 0.3 is 6.18 Å². The van der Waals surface area contributed by atoms with Gasteiger partial charge in [-0.3, -0.25) is 9.69 Å². The van der Waals surface area contributed by atoms with Crippen LogP contribution in [0.15, 0.2) is 53.4 Å². The van der Waals surface area contributed by atoms with Crippen LogP contribution in [0.1, 0.15) is 30.9 Å². The average molecular weight is 470 g/mol. The van der Waals surface area contributed by atoms with E-state index in [1.807, 2.05) is 13.8 Å². The standard InChI is InChI=1S/C22H26F3N3O3S/c1-16(2)17-7-9-18(10-8-17)32(30,31)28-13-11-27(12-14-28)15-21(29)26-20-6-4-3-5-19(20)22(23,24)25/h3-10,16H,11-15H2,1-2H3,(H,26,29). The summed E-state index contributed by atoms with van der Waals surface area (Å²) in [6.07, 6.45) is -4.57. The number of carbonyl (C=O) groups is 1. The quantitative estimate of drug-likeness (QED) is 0.699. The molecule has 1 aliphatic heterocycles. The van der Waals surface area contributed by atoms with Crippen molar-refractivity contribution < 1.29 is 26.4 Å². The van der Waals surface area contributed by atoms with E-state index in [1.165, 1.54) is 22.5 Å². The number of sulfonamides is 1. The van der Waals surface area contributed by atoms with Crippen LogP contribution in [0, 0.1) is 0 Å². The molecule has 1 N–H and O–H groups in total. The summed E-state index contributed by atoms with van der Waals surface area (Å²) in [4.78, 5) is 14.2. The summed E-state index contributed by atoms with van der Waals surface area (Å²) < 4.78 is 66.4. The Morgan fingerprint density at radius 2 is 1.59 bits per heavy atom. The summed E-state index contributed by atoms with van der Waals surface area (Å²) >= 11 is 0. The van der Waals surface area contributed by atoms with Gasteiger partial charge in [-0.15, -0.1) is 0 Å². The van der Waals surface area contributed by atoms with E-state index in [0.29, 0.717) is 19.0 Å². The zero-order valence-electron chi connectivity index (χ0n) is 17.9. The number of alkyl halides is 3. The summed E-state index contributed by atoms with van der Waals surface area (Å²) in [6, 6.07) is 11.6. The van der Waals surface area contributed by atoms with Crippen molar-refractivity contribution in [2.24, 2.45) is 0 Å². The highest BCUT2D eigenvalue weighted by Crippen LogP contribution is 2.34. The van der Waals surface area contributed by atoms with Gasteiger partial charge in [-0.2, -0.15) is 17.5 Å². The van der Waals surface area contributed by atoms with Gasteiger partial charge in [-0.25, -0.2) is 8.42 Å². The van der Waals surface area contributed by atoms with Gasteiger partial charge in [0, 0.05) is 26.2 Å². The van der Waals surface area contributed by atoms with Crippen LogP contribution in [-0.4, -0.2) is 56.3 Å². The van der Waals surface area contributed by atoms with Crippen molar-refractivity contribution in [1.29, 1.82) is 0 Å². The maximum Gasteiger partial charge on any atom is 0.418 e. The Morgan fingerprint density at radius 3 is 2.16 bits per heavy atom. The fraction of sp³-hybridized carbons (Fsp3) is 0.409. The van der Waals surface area contributed by atoms with Gasteiger partial charge in [0.1, 0.15) is 0 Å². The molecule has 0 radical (unpaired) electrons. The lowest BCUT2D eigenvalue weighted by molar-refractivity contribution is -0.137. The van der Waals surface area contributed by atoms with E-state index in [4.69, 9.17) is 0 Å². The number of hydrogen-bond donors (Lipinski definition) is 1. The number of halogens is 3. The van der Waals surface area contributed by atoms with Crippen LogP contribution < -0.4 is 5.32 Å². The number of nitrogens with zero attached hydrogens (tertiary/aromatic N) is 2. The normalized spacial score (nSPS) is 16.3. The Morgan fingerprint density at radius 1 is 1.00 bits per heavy atom. The first-order valence-corrected chi connectivity index (χ1v) is 11.7. The molecule has 0 atom stereocenters. The number of piperazine rings is 1. The molecular weight excluding hydrogens is 443 g/mol. The van der Waals surface area contributed by atoms with Crippen LogP contribution >= 0.6 is 0 Å². The molecule has 1 aliphatic rings. The average Bonchev–Trinajstić information content (AvgIpc) is 2.73. The SMILES string of the molecule is CC(C)c1ccc(S(=O)(=O)N2CCN(CC(=O)Nc3ccccc3C(F)(F)F)CC2)cc1. The minimum atomic E-state index is -4.57. The Bertz CT molecular complexity index is 1050. The third-order valence-electron chi connectivity index (χ3n) is 5.39. The topological polar surface area (TPSA) is 69.7 Å². The first-order chi connectivity index (χ1) is 15.0. The maximum atomic E-state index is 13.1. The number of carbonyl (C=O) groups excluding carboxylic acids is 1. The van der Waals surface area contributed by atoms with Gasteiger partial charge in [-0.05, 0) is 35.7 Å². The molecule has 1 amide bonds.